The van der Waals surface area contributed by atoms with Crippen molar-refractivity contribution in [1.82, 2.24) is 24.9 Å². The standard InChI is InChI=1S/C20H42N5/c1-5-9-22-11-15-24(16-12-22)19(7-3)21-20(8-4)25-17-13-23(10-6-2)14-18-25/h19-20H,5-18H2,1-4H3. The van der Waals surface area contributed by atoms with E-state index in [1.807, 2.05) is 0 Å². The fraction of sp³-hybridized carbons (Fsp3) is 1.00. The first kappa shape index (κ1) is 21.1. The monoisotopic (exact) mass is 352 g/mol. The molecule has 0 aromatic rings. The van der Waals surface area contributed by atoms with Crippen molar-refractivity contribution < 1.29 is 0 Å². The summed E-state index contributed by atoms with van der Waals surface area (Å²) in [5, 5.41) is 5.32. The molecule has 2 rings (SSSR count). The molecule has 0 aromatic heterocycles. The molecule has 5 heteroatoms. The lowest BCUT2D eigenvalue weighted by Crippen LogP contribution is -2.58. The van der Waals surface area contributed by atoms with Crippen molar-refractivity contribution in [1.29, 1.82) is 0 Å². The van der Waals surface area contributed by atoms with Crippen LogP contribution in [0.5, 0.6) is 0 Å². The molecule has 0 amide bonds. The molecular weight excluding hydrogens is 310 g/mol. The van der Waals surface area contributed by atoms with Gasteiger partial charge in [0.1, 0.15) is 0 Å². The van der Waals surface area contributed by atoms with Crippen molar-refractivity contribution in [3.63, 3.8) is 0 Å². The van der Waals surface area contributed by atoms with Gasteiger partial charge in [-0.25, -0.2) is 5.32 Å². The molecule has 2 heterocycles. The molecule has 0 aromatic carbocycles. The quantitative estimate of drug-likeness (QED) is 0.602. The van der Waals surface area contributed by atoms with Crippen LogP contribution in [0, 0.1) is 0 Å². The Morgan fingerprint density at radius 1 is 0.600 bits per heavy atom. The SMILES string of the molecule is CCCN1CCN(C(CC)[N]C(CC)N2CCN(CCC)CC2)CC1. The van der Waals surface area contributed by atoms with Gasteiger partial charge in [-0.1, -0.05) is 27.7 Å². The van der Waals surface area contributed by atoms with Crippen molar-refractivity contribution in [2.75, 3.05) is 65.4 Å². The maximum Gasteiger partial charge on any atom is 0.0777 e. The van der Waals surface area contributed by atoms with E-state index in [1.165, 1.54) is 78.3 Å². The third-order valence-corrected chi connectivity index (χ3v) is 5.81. The molecular formula is C20H42N5. The number of hydrogen-bond acceptors (Lipinski definition) is 4. The molecule has 147 valence electrons. The van der Waals surface area contributed by atoms with Crippen LogP contribution >= 0.6 is 0 Å². The van der Waals surface area contributed by atoms with Crippen LogP contribution in [-0.2, 0) is 0 Å². The average molecular weight is 353 g/mol. The molecule has 0 saturated carbocycles. The van der Waals surface area contributed by atoms with E-state index < -0.39 is 0 Å². The lowest BCUT2D eigenvalue weighted by atomic mass is 10.2. The summed E-state index contributed by atoms with van der Waals surface area (Å²) in [6, 6.07) is 0. The predicted octanol–water partition coefficient (Wildman–Crippen LogP) is 2.12. The van der Waals surface area contributed by atoms with Gasteiger partial charge in [0.2, 0.25) is 0 Å². The fourth-order valence-corrected chi connectivity index (χ4v) is 4.32. The van der Waals surface area contributed by atoms with Crippen LogP contribution in [0.3, 0.4) is 0 Å². The fourth-order valence-electron chi connectivity index (χ4n) is 4.32. The zero-order valence-electron chi connectivity index (χ0n) is 17.3. The van der Waals surface area contributed by atoms with Gasteiger partial charge in [0, 0.05) is 52.4 Å². The maximum atomic E-state index is 5.32. The Morgan fingerprint density at radius 3 is 1.24 bits per heavy atom. The van der Waals surface area contributed by atoms with Gasteiger partial charge in [0.25, 0.3) is 0 Å². The third-order valence-electron chi connectivity index (χ3n) is 5.81. The van der Waals surface area contributed by atoms with E-state index in [9.17, 15) is 0 Å². The van der Waals surface area contributed by atoms with Gasteiger partial charge in [0.05, 0.1) is 12.3 Å². The van der Waals surface area contributed by atoms with E-state index >= 15 is 0 Å². The van der Waals surface area contributed by atoms with Crippen LogP contribution in [0.15, 0.2) is 0 Å². The molecule has 0 N–H and O–H groups in total. The number of hydrogen-bond donors (Lipinski definition) is 0. The molecule has 1 radical (unpaired) electrons. The second-order valence-corrected chi connectivity index (χ2v) is 7.68. The summed E-state index contributed by atoms with van der Waals surface area (Å²) in [4.78, 5) is 10.5. The van der Waals surface area contributed by atoms with Crippen LogP contribution in [0.25, 0.3) is 0 Å². The molecule has 0 aliphatic carbocycles. The van der Waals surface area contributed by atoms with Crippen LogP contribution in [0.1, 0.15) is 53.4 Å². The molecule has 2 atom stereocenters. The summed E-state index contributed by atoms with van der Waals surface area (Å²) in [7, 11) is 0. The van der Waals surface area contributed by atoms with Crippen LogP contribution in [0.4, 0.5) is 0 Å². The number of rotatable bonds is 10. The summed E-state index contributed by atoms with van der Waals surface area (Å²) in [5.74, 6) is 0. The first-order valence-electron chi connectivity index (χ1n) is 10.8. The predicted molar refractivity (Wildman–Crippen MR) is 107 cm³/mol. The molecule has 2 fully saturated rings. The first-order chi connectivity index (χ1) is 12.2. The summed E-state index contributed by atoms with van der Waals surface area (Å²) in [5.41, 5.74) is 0. The minimum atomic E-state index is 0.405. The largest absolute Gasteiger partial charge is 0.301 e. The van der Waals surface area contributed by atoms with Crippen molar-refractivity contribution in [3.05, 3.63) is 0 Å². The zero-order valence-corrected chi connectivity index (χ0v) is 17.3. The minimum absolute atomic E-state index is 0.405. The van der Waals surface area contributed by atoms with Crippen LogP contribution < -0.4 is 5.32 Å². The molecule has 0 spiro atoms. The van der Waals surface area contributed by atoms with Crippen molar-refractivity contribution in [2.24, 2.45) is 0 Å². The van der Waals surface area contributed by atoms with E-state index in [2.05, 4.69) is 47.3 Å². The second kappa shape index (κ2) is 11.5. The highest BCUT2D eigenvalue weighted by Gasteiger charge is 2.28. The number of nitrogens with zero attached hydrogens (tertiary/aromatic N) is 5. The van der Waals surface area contributed by atoms with Gasteiger partial charge in [-0.3, -0.25) is 9.80 Å². The molecule has 0 bridgehead atoms. The Kier molecular flexibility index (Phi) is 9.71. The average Bonchev–Trinajstić information content (AvgIpc) is 2.65. The Balaban J connectivity index is 1.80. The Hall–Kier alpha value is -0.200. The van der Waals surface area contributed by atoms with Crippen molar-refractivity contribution in [3.8, 4) is 0 Å². The molecule has 2 aliphatic rings. The highest BCUT2D eigenvalue weighted by atomic mass is 15.4. The van der Waals surface area contributed by atoms with E-state index in [-0.39, 0.29) is 0 Å². The van der Waals surface area contributed by atoms with Gasteiger partial charge in [-0.05, 0) is 38.8 Å². The Morgan fingerprint density at radius 2 is 0.960 bits per heavy atom. The zero-order chi connectivity index (χ0) is 18.1. The van der Waals surface area contributed by atoms with E-state index in [0.717, 1.165) is 12.8 Å². The van der Waals surface area contributed by atoms with E-state index in [1.54, 1.807) is 0 Å². The molecule has 2 aliphatic heterocycles. The summed E-state index contributed by atoms with van der Waals surface area (Å²) in [6.45, 7) is 21.3. The van der Waals surface area contributed by atoms with E-state index in [0.29, 0.717) is 12.3 Å². The van der Waals surface area contributed by atoms with Gasteiger partial charge < -0.3 is 9.80 Å². The maximum absolute atomic E-state index is 5.32. The van der Waals surface area contributed by atoms with Gasteiger partial charge >= 0.3 is 0 Å². The Bertz CT molecular complexity index is 303. The number of piperazine rings is 2. The van der Waals surface area contributed by atoms with Gasteiger partial charge in [-0.15, -0.1) is 0 Å². The second-order valence-electron chi connectivity index (χ2n) is 7.68. The highest BCUT2D eigenvalue weighted by Crippen LogP contribution is 2.14. The van der Waals surface area contributed by atoms with Gasteiger partial charge in [-0.2, -0.15) is 0 Å². The van der Waals surface area contributed by atoms with Crippen molar-refractivity contribution >= 4 is 0 Å². The normalized spacial score (nSPS) is 24.5. The highest BCUT2D eigenvalue weighted by molar-refractivity contribution is 4.82. The summed E-state index contributed by atoms with van der Waals surface area (Å²) in [6.07, 6.45) is 5.62. The lowest BCUT2D eigenvalue weighted by molar-refractivity contribution is 0.0258. The topological polar surface area (TPSA) is 27.1 Å². The van der Waals surface area contributed by atoms with Crippen LogP contribution in [0.2, 0.25) is 0 Å². The van der Waals surface area contributed by atoms with Crippen LogP contribution in [-0.4, -0.2) is 97.4 Å². The smallest absolute Gasteiger partial charge is 0.0777 e. The molecule has 5 nitrogen and oxygen atoms in total. The summed E-state index contributed by atoms with van der Waals surface area (Å²) < 4.78 is 0. The third kappa shape index (κ3) is 6.47. The minimum Gasteiger partial charge on any atom is -0.301 e. The first-order valence-corrected chi connectivity index (χ1v) is 10.8. The summed E-state index contributed by atoms with van der Waals surface area (Å²) >= 11 is 0. The molecule has 2 unspecified atom stereocenters. The molecule has 25 heavy (non-hydrogen) atoms. The lowest BCUT2D eigenvalue weighted by Gasteiger charge is -2.43. The van der Waals surface area contributed by atoms with Gasteiger partial charge in [0.15, 0.2) is 0 Å². The van der Waals surface area contributed by atoms with Crippen molar-refractivity contribution in [2.45, 2.75) is 65.7 Å². The van der Waals surface area contributed by atoms with E-state index in [4.69, 9.17) is 5.32 Å². The Labute approximate surface area is 156 Å². The molecule has 2 saturated heterocycles.